The number of hydrogen-bond donors (Lipinski definition) is 1. The van der Waals surface area contributed by atoms with Gasteiger partial charge < -0.3 is 15.1 Å². The predicted molar refractivity (Wildman–Crippen MR) is 51.0 cm³/mol. The lowest BCUT2D eigenvalue weighted by atomic mass is 10.4. The van der Waals surface area contributed by atoms with Crippen molar-refractivity contribution in [2.75, 3.05) is 24.5 Å². The van der Waals surface area contributed by atoms with Crippen LogP contribution >= 0.6 is 0 Å². The van der Waals surface area contributed by atoms with Crippen molar-refractivity contribution in [1.82, 2.24) is 10.2 Å². The van der Waals surface area contributed by atoms with Crippen molar-refractivity contribution in [2.24, 2.45) is 5.73 Å². The fraction of sp³-hybridized carbons (Fsp3) is 0.750. The molecule has 5 nitrogen and oxygen atoms in total. The number of nitrogens with two attached hydrogens (primary N) is 1. The minimum atomic E-state index is -4.29. The summed E-state index contributed by atoms with van der Waals surface area (Å²) in [6, 6.07) is -0.122. The van der Waals surface area contributed by atoms with Crippen molar-refractivity contribution in [1.29, 1.82) is 0 Å². The topological polar surface area (TPSA) is 68.2 Å². The summed E-state index contributed by atoms with van der Waals surface area (Å²) in [4.78, 5) is 0.965. The van der Waals surface area contributed by atoms with Crippen LogP contribution in [-0.4, -0.2) is 36.0 Å². The normalized spacial score (nSPS) is 11.8. The molecule has 0 aliphatic rings. The third-order valence-electron chi connectivity index (χ3n) is 1.84. The molecule has 0 spiro atoms. The van der Waals surface area contributed by atoms with Crippen molar-refractivity contribution >= 4 is 6.01 Å². The van der Waals surface area contributed by atoms with E-state index in [1.165, 1.54) is 0 Å². The van der Waals surface area contributed by atoms with Crippen molar-refractivity contribution in [3.8, 4) is 0 Å². The summed E-state index contributed by atoms with van der Waals surface area (Å²) in [6.45, 7) is 0.934. The van der Waals surface area contributed by atoms with Gasteiger partial charge >= 0.3 is 12.2 Å². The van der Waals surface area contributed by atoms with Crippen LogP contribution < -0.4 is 10.6 Å². The van der Waals surface area contributed by atoms with Gasteiger partial charge in [0.1, 0.15) is 6.54 Å². The Morgan fingerprint density at radius 2 is 2.06 bits per heavy atom. The molecule has 0 aliphatic heterocycles. The van der Waals surface area contributed by atoms with Gasteiger partial charge in [0.15, 0.2) is 0 Å². The fourth-order valence-electron chi connectivity index (χ4n) is 1.13. The number of halogens is 3. The van der Waals surface area contributed by atoms with E-state index in [1.54, 1.807) is 6.92 Å². The number of hydrogen-bond acceptors (Lipinski definition) is 5. The minimum Gasteiger partial charge on any atom is -0.408 e. The van der Waals surface area contributed by atoms with Gasteiger partial charge in [-0.25, -0.2) is 0 Å². The van der Waals surface area contributed by atoms with Gasteiger partial charge in [-0.3, -0.25) is 0 Å². The average Bonchev–Trinajstić information content (AvgIpc) is 2.62. The van der Waals surface area contributed by atoms with Crippen LogP contribution in [0.2, 0.25) is 0 Å². The van der Waals surface area contributed by atoms with Crippen LogP contribution in [0.15, 0.2) is 4.42 Å². The van der Waals surface area contributed by atoms with Crippen LogP contribution in [0, 0.1) is 0 Å². The Morgan fingerprint density at radius 3 is 2.56 bits per heavy atom. The molecule has 1 rings (SSSR count). The molecule has 0 amide bonds. The lowest BCUT2D eigenvalue weighted by Gasteiger charge is -2.19. The fourth-order valence-corrected chi connectivity index (χ4v) is 1.13. The molecule has 0 aliphatic carbocycles. The highest BCUT2D eigenvalue weighted by Crippen LogP contribution is 2.20. The highest BCUT2D eigenvalue weighted by molar-refractivity contribution is 5.23. The van der Waals surface area contributed by atoms with Gasteiger partial charge in [0, 0.05) is 19.5 Å². The van der Waals surface area contributed by atoms with Gasteiger partial charge in [-0.1, -0.05) is 5.10 Å². The largest absolute Gasteiger partial charge is 0.408 e. The molecule has 2 N–H and O–H groups in total. The molecule has 0 saturated carbocycles. The van der Waals surface area contributed by atoms with E-state index in [4.69, 9.17) is 10.2 Å². The zero-order chi connectivity index (χ0) is 12.2. The Bertz CT molecular complexity index is 325. The quantitative estimate of drug-likeness (QED) is 0.827. The predicted octanol–water partition coefficient (Wildman–Crippen LogP) is 0.959. The van der Waals surface area contributed by atoms with Gasteiger partial charge in [-0.05, 0) is 6.92 Å². The lowest BCUT2D eigenvalue weighted by molar-refractivity contribution is -0.120. The van der Waals surface area contributed by atoms with E-state index < -0.39 is 12.7 Å². The van der Waals surface area contributed by atoms with Crippen molar-refractivity contribution < 1.29 is 17.6 Å². The molecule has 0 unspecified atom stereocenters. The molecule has 1 heterocycles. The van der Waals surface area contributed by atoms with Gasteiger partial charge in [0.25, 0.3) is 0 Å². The third kappa shape index (κ3) is 3.69. The van der Waals surface area contributed by atoms with E-state index in [0.717, 1.165) is 4.90 Å². The highest BCUT2D eigenvalue weighted by Gasteiger charge is 2.32. The van der Waals surface area contributed by atoms with Crippen LogP contribution in [-0.2, 0) is 6.42 Å². The first-order valence-electron chi connectivity index (χ1n) is 4.80. The van der Waals surface area contributed by atoms with E-state index >= 15 is 0 Å². The van der Waals surface area contributed by atoms with E-state index in [0.29, 0.717) is 13.0 Å². The van der Waals surface area contributed by atoms with E-state index in [-0.39, 0.29) is 18.5 Å². The number of nitrogens with zero attached hydrogens (tertiary/aromatic N) is 3. The molecule has 0 aromatic carbocycles. The van der Waals surface area contributed by atoms with Gasteiger partial charge in [-0.15, -0.1) is 5.10 Å². The Labute approximate surface area is 90.4 Å². The summed E-state index contributed by atoms with van der Waals surface area (Å²) < 4.78 is 41.6. The Kier molecular flexibility index (Phi) is 4.11. The standard InChI is InChI=1S/C8H13F3N4O/c1-2-15(5-8(9,10)11)7-14-13-6(16-7)3-4-12/h2-5,12H2,1H3. The van der Waals surface area contributed by atoms with Crippen LogP contribution in [0.5, 0.6) is 0 Å². The van der Waals surface area contributed by atoms with Crippen molar-refractivity contribution in [2.45, 2.75) is 19.5 Å². The second-order valence-corrected chi connectivity index (χ2v) is 3.15. The lowest BCUT2D eigenvalue weighted by Crippen LogP contribution is -2.34. The summed E-state index contributed by atoms with van der Waals surface area (Å²) >= 11 is 0. The first-order valence-corrected chi connectivity index (χ1v) is 4.80. The van der Waals surface area contributed by atoms with E-state index in [9.17, 15) is 13.2 Å². The molecule has 0 bridgehead atoms. The minimum absolute atomic E-state index is 0.122. The first kappa shape index (κ1) is 12.8. The third-order valence-corrected chi connectivity index (χ3v) is 1.84. The summed E-state index contributed by atoms with van der Waals surface area (Å²) in [5.41, 5.74) is 5.26. The molecule has 0 saturated heterocycles. The molecule has 1 aromatic rings. The number of alkyl halides is 3. The number of anilines is 1. The molecule has 8 heteroatoms. The van der Waals surface area contributed by atoms with Gasteiger partial charge in [0.2, 0.25) is 5.89 Å². The molecular weight excluding hydrogens is 225 g/mol. The van der Waals surface area contributed by atoms with Crippen molar-refractivity contribution in [3.63, 3.8) is 0 Å². The maximum absolute atomic E-state index is 12.2. The molecule has 0 fully saturated rings. The Hall–Kier alpha value is -1.31. The zero-order valence-corrected chi connectivity index (χ0v) is 8.79. The van der Waals surface area contributed by atoms with Crippen LogP contribution in [0.3, 0.4) is 0 Å². The smallest absolute Gasteiger partial charge is 0.406 e. The summed E-state index contributed by atoms with van der Waals surface area (Å²) in [5.74, 6) is 0.248. The molecule has 1 aromatic heterocycles. The van der Waals surface area contributed by atoms with E-state index in [2.05, 4.69) is 10.2 Å². The first-order chi connectivity index (χ1) is 7.46. The monoisotopic (exact) mass is 238 g/mol. The van der Waals surface area contributed by atoms with Crippen LogP contribution in [0.1, 0.15) is 12.8 Å². The highest BCUT2D eigenvalue weighted by atomic mass is 19.4. The van der Waals surface area contributed by atoms with Crippen molar-refractivity contribution in [3.05, 3.63) is 5.89 Å². The van der Waals surface area contributed by atoms with Crippen LogP contribution in [0.25, 0.3) is 0 Å². The van der Waals surface area contributed by atoms with E-state index in [1.807, 2.05) is 0 Å². The van der Waals surface area contributed by atoms with Gasteiger partial charge in [-0.2, -0.15) is 13.2 Å². The second kappa shape index (κ2) is 5.15. The molecule has 92 valence electrons. The number of aromatic nitrogens is 2. The average molecular weight is 238 g/mol. The second-order valence-electron chi connectivity index (χ2n) is 3.15. The maximum atomic E-state index is 12.2. The zero-order valence-electron chi connectivity index (χ0n) is 8.79. The molecule has 16 heavy (non-hydrogen) atoms. The number of rotatable bonds is 5. The molecule has 0 radical (unpaired) electrons. The summed E-state index contributed by atoms with van der Waals surface area (Å²) in [7, 11) is 0. The molecular formula is C8H13F3N4O. The summed E-state index contributed by atoms with van der Waals surface area (Å²) in [5, 5.41) is 7.14. The SMILES string of the molecule is CCN(CC(F)(F)F)c1nnc(CCN)o1. The Morgan fingerprint density at radius 1 is 1.38 bits per heavy atom. The maximum Gasteiger partial charge on any atom is 0.406 e. The van der Waals surface area contributed by atoms with Crippen LogP contribution in [0.4, 0.5) is 19.2 Å². The molecule has 0 atom stereocenters. The van der Waals surface area contributed by atoms with Gasteiger partial charge in [0.05, 0.1) is 0 Å². The Balaban J connectivity index is 2.71. The summed E-state index contributed by atoms with van der Waals surface area (Å²) in [6.07, 6.45) is -3.94.